The van der Waals surface area contributed by atoms with Crippen LogP contribution in [0.4, 0.5) is 5.69 Å². The van der Waals surface area contributed by atoms with E-state index in [-0.39, 0.29) is 24.5 Å². The van der Waals surface area contributed by atoms with Crippen molar-refractivity contribution in [1.29, 1.82) is 0 Å². The minimum absolute atomic E-state index is 0.127. The van der Waals surface area contributed by atoms with Gasteiger partial charge in [0.15, 0.2) is 0 Å². The second-order valence-corrected chi connectivity index (χ2v) is 8.26. The van der Waals surface area contributed by atoms with Crippen LogP contribution in [0.2, 0.25) is 0 Å². The Kier molecular flexibility index (Phi) is 5.47. The zero-order valence-corrected chi connectivity index (χ0v) is 18.8. The van der Waals surface area contributed by atoms with Crippen LogP contribution in [0.25, 0.3) is 11.1 Å². The molecule has 2 aliphatic rings. The van der Waals surface area contributed by atoms with Crippen LogP contribution in [0.5, 0.6) is 0 Å². The van der Waals surface area contributed by atoms with E-state index in [2.05, 4.69) is 23.2 Å². The second kappa shape index (κ2) is 8.58. The molecular weight excluding hydrogens is 412 g/mol. The van der Waals surface area contributed by atoms with Gasteiger partial charge < -0.3 is 4.74 Å². The number of rotatable bonds is 3. The summed E-state index contributed by atoms with van der Waals surface area (Å²) in [7, 11) is 0. The predicted molar refractivity (Wildman–Crippen MR) is 128 cm³/mol. The van der Waals surface area contributed by atoms with Crippen molar-refractivity contribution in [3.63, 3.8) is 0 Å². The fourth-order valence-electron chi connectivity index (χ4n) is 5.03. The molecule has 0 aromatic heterocycles. The Hall–Kier alpha value is -3.86. The number of carbonyl (C=O) groups excluding carboxylic acids is 2. The Morgan fingerprint density at radius 3 is 2.30 bits per heavy atom. The second-order valence-electron chi connectivity index (χ2n) is 8.26. The molecule has 0 unspecified atom stereocenters. The number of amides is 1. The summed E-state index contributed by atoms with van der Waals surface area (Å²) in [5, 5.41) is 3.82. The molecule has 1 amide bonds. The average Bonchev–Trinajstić information content (AvgIpc) is 3.03. The van der Waals surface area contributed by atoms with Crippen LogP contribution < -0.4 is 5.01 Å². The van der Waals surface area contributed by atoms with Crippen molar-refractivity contribution >= 4 is 17.6 Å². The highest BCUT2D eigenvalue weighted by Gasteiger charge is 2.43. The first-order valence-electron chi connectivity index (χ1n) is 11.3. The van der Waals surface area contributed by atoms with Gasteiger partial charge in [0.1, 0.15) is 6.04 Å². The highest BCUT2D eigenvalue weighted by molar-refractivity contribution is 5.93. The number of para-hydroxylation sites is 1. The Morgan fingerprint density at radius 2 is 1.58 bits per heavy atom. The minimum Gasteiger partial charge on any atom is -0.463 e. The van der Waals surface area contributed by atoms with Crippen molar-refractivity contribution < 1.29 is 14.3 Å². The third kappa shape index (κ3) is 3.50. The summed E-state index contributed by atoms with van der Waals surface area (Å²) in [5.74, 6) is -0.529. The summed E-state index contributed by atoms with van der Waals surface area (Å²) < 4.78 is 5.45. The van der Waals surface area contributed by atoms with Crippen LogP contribution >= 0.6 is 0 Å². The molecule has 3 aromatic carbocycles. The first-order valence-corrected chi connectivity index (χ1v) is 11.3. The fraction of sp³-hybridized carbons (Fsp3) is 0.214. The van der Waals surface area contributed by atoms with Crippen molar-refractivity contribution in [3.8, 4) is 11.1 Å². The monoisotopic (exact) mass is 438 g/mol. The summed E-state index contributed by atoms with van der Waals surface area (Å²) in [5.41, 5.74) is 5.67. The van der Waals surface area contributed by atoms with Crippen LogP contribution in [-0.4, -0.2) is 23.5 Å². The zero-order valence-electron chi connectivity index (χ0n) is 18.8. The predicted octanol–water partition coefficient (Wildman–Crippen LogP) is 5.61. The molecule has 3 aromatic rings. The minimum atomic E-state index is -0.592. The molecule has 0 bridgehead atoms. The molecule has 5 heteroatoms. The van der Waals surface area contributed by atoms with Crippen LogP contribution in [0, 0.1) is 0 Å². The van der Waals surface area contributed by atoms with Gasteiger partial charge in [-0.1, -0.05) is 78.9 Å². The van der Waals surface area contributed by atoms with Crippen molar-refractivity contribution in [2.24, 2.45) is 0 Å². The van der Waals surface area contributed by atoms with E-state index in [0.29, 0.717) is 12.0 Å². The van der Waals surface area contributed by atoms with Gasteiger partial charge >= 0.3 is 5.97 Å². The summed E-state index contributed by atoms with van der Waals surface area (Å²) in [4.78, 5) is 26.5. The summed E-state index contributed by atoms with van der Waals surface area (Å²) in [6, 6.07) is 25.4. The van der Waals surface area contributed by atoms with Crippen molar-refractivity contribution in [2.75, 3.05) is 11.6 Å². The number of hydrogen-bond acceptors (Lipinski definition) is 4. The number of hydrogen-bond donors (Lipinski definition) is 0. The molecule has 2 heterocycles. The number of benzene rings is 3. The quantitative estimate of drug-likeness (QED) is 0.499. The molecule has 5 nitrogen and oxygen atoms in total. The SMILES string of the molecule is CCOC(=O)C1=CC[C@H]2c3ccccc3-c3ccccc3N2N(C(C)=O)[C@H]1c1ccccc1. The molecule has 0 radical (unpaired) electrons. The number of hydrazine groups is 1. The van der Waals surface area contributed by atoms with E-state index in [1.165, 1.54) is 0 Å². The maximum absolute atomic E-state index is 13.3. The van der Waals surface area contributed by atoms with Gasteiger partial charge in [0.05, 0.1) is 23.9 Å². The number of nitrogens with zero attached hydrogens (tertiary/aromatic N) is 2. The molecule has 0 aliphatic carbocycles. The molecule has 0 saturated heterocycles. The fourth-order valence-corrected chi connectivity index (χ4v) is 5.03. The van der Waals surface area contributed by atoms with E-state index in [1.54, 1.807) is 18.9 Å². The smallest absolute Gasteiger partial charge is 0.336 e. The maximum atomic E-state index is 13.3. The first kappa shape index (κ1) is 21.0. The van der Waals surface area contributed by atoms with E-state index >= 15 is 0 Å². The number of esters is 1. The van der Waals surface area contributed by atoms with Crippen LogP contribution in [-0.2, 0) is 14.3 Å². The van der Waals surface area contributed by atoms with E-state index in [9.17, 15) is 9.59 Å². The molecule has 0 spiro atoms. The first-order chi connectivity index (χ1) is 16.1. The van der Waals surface area contributed by atoms with Gasteiger partial charge in [0.2, 0.25) is 5.91 Å². The Bertz CT molecular complexity index is 1230. The zero-order chi connectivity index (χ0) is 22.9. The van der Waals surface area contributed by atoms with Crippen molar-refractivity contribution in [2.45, 2.75) is 32.4 Å². The number of fused-ring (bicyclic) bond motifs is 6. The van der Waals surface area contributed by atoms with Crippen LogP contribution in [0.3, 0.4) is 0 Å². The molecular formula is C28H26N2O3. The summed E-state index contributed by atoms with van der Waals surface area (Å²) in [6.45, 7) is 3.63. The highest BCUT2D eigenvalue weighted by atomic mass is 16.5. The Labute approximate surface area is 193 Å². The normalized spacial score (nSPS) is 18.9. The standard InChI is InChI=1S/C28H26N2O3/c1-3-33-28(32)24-17-18-26-23-14-8-7-13-21(23)22-15-9-10-16-25(22)30(26)29(19(2)31)27(24)20-11-5-4-6-12-20/h4-17,26-27H,3,18H2,1-2H3/t26-,27-/m0/s1. The van der Waals surface area contributed by atoms with Crippen molar-refractivity contribution in [3.05, 3.63) is 102 Å². The summed E-state index contributed by atoms with van der Waals surface area (Å²) in [6.07, 6.45) is 2.54. The van der Waals surface area contributed by atoms with Gasteiger partial charge in [-0.3, -0.25) is 9.80 Å². The number of anilines is 1. The van der Waals surface area contributed by atoms with Gasteiger partial charge in [0.25, 0.3) is 0 Å². The Morgan fingerprint density at radius 1 is 0.909 bits per heavy atom. The third-order valence-electron chi connectivity index (χ3n) is 6.34. The molecule has 166 valence electrons. The molecule has 2 aliphatic heterocycles. The average molecular weight is 439 g/mol. The molecule has 5 rings (SSSR count). The lowest BCUT2D eigenvalue weighted by Gasteiger charge is -2.47. The van der Waals surface area contributed by atoms with Crippen LogP contribution in [0.15, 0.2) is 90.5 Å². The lowest BCUT2D eigenvalue weighted by molar-refractivity contribution is -0.140. The summed E-state index contributed by atoms with van der Waals surface area (Å²) >= 11 is 0. The van der Waals surface area contributed by atoms with Gasteiger partial charge in [-0.05, 0) is 36.1 Å². The maximum Gasteiger partial charge on any atom is 0.336 e. The third-order valence-corrected chi connectivity index (χ3v) is 6.34. The lowest BCUT2D eigenvalue weighted by atomic mass is 9.87. The van der Waals surface area contributed by atoms with E-state index in [1.807, 2.05) is 66.7 Å². The highest BCUT2D eigenvalue weighted by Crippen LogP contribution is 2.50. The van der Waals surface area contributed by atoms with Crippen LogP contribution in [0.1, 0.15) is 43.5 Å². The number of ether oxygens (including phenoxy) is 1. The largest absolute Gasteiger partial charge is 0.463 e. The van der Waals surface area contributed by atoms with Gasteiger partial charge in [-0.2, -0.15) is 0 Å². The lowest BCUT2D eigenvalue weighted by Crippen LogP contribution is -2.50. The number of carbonyl (C=O) groups is 2. The van der Waals surface area contributed by atoms with E-state index < -0.39 is 6.04 Å². The molecule has 0 fully saturated rings. The van der Waals surface area contributed by atoms with Gasteiger partial charge in [0, 0.05) is 12.5 Å². The molecule has 0 saturated carbocycles. The Balaban J connectivity index is 1.77. The topological polar surface area (TPSA) is 49.9 Å². The molecule has 0 N–H and O–H groups in total. The van der Waals surface area contributed by atoms with Crippen molar-refractivity contribution in [1.82, 2.24) is 5.01 Å². The van der Waals surface area contributed by atoms with E-state index in [0.717, 1.165) is 27.9 Å². The molecule has 33 heavy (non-hydrogen) atoms. The van der Waals surface area contributed by atoms with Gasteiger partial charge in [-0.15, -0.1) is 0 Å². The molecule has 2 atom stereocenters. The van der Waals surface area contributed by atoms with E-state index in [4.69, 9.17) is 4.74 Å². The van der Waals surface area contributed by atoms with Gasteiger partial charge in [-0.25, -0.2) is 9.80 Å².